The minimum atomic E-state index is -0.830. The van der Waals surface area contributed by atoms with E-state index in [1.807, 2.05) is 0 Å². The molecule has 0 saturated carbocycles. The largest absolute Gasteiger partial charge is 0.462 e. The van der Waals surface area contributed by atoms with Crippen LogP contribution in [0.5, 0.6) is 0 Å². The van der Waals surface area contributed by atoms with Crippen LogP contribution >= 0.6 is 11.3 Å². The maximum Gasteiger partial charge on any atom is 0.341 e. The first-order valence-electron chi connectivity index (χ1n) is 7.25. The molecule has 0 radical (unpaired) electrons. The number of anilines is 1. The number of hydrogen-bond donors (Lipinski definition) is 1. The maximum absolute atomic E-state index is 12.4. The van der Waals surface area contributed by atoms with E-state index in [0.29, 0.717) is 0 Å². The molecular weight excluding hydrogens is 366 g/mol. The predicted molar refractivity (Wildman–Crippen MR) is 92.7 cm³/mol. The number of nitrogens with one attached hydrogen (secondary N) is 1. The molecule has 0 aliphatic rings. The minimum Gasteiger partial charge on any atom is -0.462 e. The molecule has 0 unspecified atom stereocenters. The van der Waals surface area contributed by atoms with Gasteiger partial charge in [-0.15, -0.1) is 11.3 Å². The molecule has 2 aromatic rings. The third-order valence-electron chi connectivity index (χ3n) is 3.16. The summed E-state index contributed by atoms with van der Waals surface area (Å²) in [5.74, 6) is -1.44. The molecule has 136 valence electrons. The van der Waals surface area contributed by atoms with Crippen molar-refractivity contribution in [2.24, 2.45) is 0 Å². The zero-order valence-electron chi connectivity index (χ0n) is 13.7. The Kier molecular flexibility index (Phi) is 5.62. The van der Waals surface area contributed by atoms with Gasteiger partial charge in [0.25, 0.3) is 17.3 Å². The van der Waals surface area contributed by atoms with Crippen LogP contribution in [0.4, 0.5) is 16.4 Å². The highest BCUT2D eigenvalue weighted by atomic mass is 32.1. The van der Waals surface area contributed by atoms with Crippen LogP contribution in [0.25, 0.3) is 0 Å². The summed E-state index contributed by atoms with van der Waals surface area (Å²) < 4.78 is 4.91. The molecule has 10 nitrogen and oxygen atoms in total. The van der Waals surface area contributed by atoms with E-state index < -0.39 is 33.1 Å². The van der Waals surface area contributed by atoms with Gasteiger partial charge in [-0.2, -0.15) is 0 Å². The van der Waals surface area contributed by atoms with E-state index >= 15 is 0 Å². The first-order chi connectivity index (χ1) is 12.2. The molecule has 0 aliphatic heterocycles. The molecule has 0 aliphatic carbocycles. The molecule has 0 fully saturated rings. The highest BCUT2D eigenvalue weighted by Crippen LogP contribution is 2.30. The quantitative estimate of drug-likeness (QED) is 0.461. The summed E-state index contributed by atoms with van der Waals surface area (Å²) in [5, 5.41) is 24.5. The van der Waals surface area contributed by atoms with Crippen molar-refractivity contribution in [3.05, 3.63) is 60.5 Å². The Morgan fingerprint density at radius 1 is 1.12 bits per heavy atom. The first kappa shape index (κ1) is 19.0. The minimum absolute atomic E-state index is 0.141. The van der Waals surface area contributed by atoms with Gasteiger partial charge < -0.3 is 10.1 Å². The standard InChI is InChI=1S/C15H13N3O7S/c1-3-25-15(20)12-4-8(2)26-14(12)16-13(19)9-5-10(17(21)22)7-11(6-9)18(23)24/h4-7H,3H2,1-2H3,(H,16,19). The Labute approximate surface area is 150 Å². The number of ether oxygens (including phenoxy) is 1. The van der Waals surface area contributed by atoms with Gasteiger partial charge in [0.1, 0.15) is 5.00 Å². The lowest BCUT2D eigenvalue weighted by Gasteiger charge is -2.06. The van der Waals surface area contributed by atoms with E-state index in [9.17, 15) is 29.8 Å². The van der Waals surface area contributed by atoms with Crippen LogP contribution in [0.15, 0.2) is 24.3 Å². The van der Waals surface area contributed by atoms with Crippen molar-refractivity contribution < 1.29 is 24.2 Å². The van der Waals surface area contributed by atoms with Gasteiger partial charge in [0.2, 0.25) is 0 Å². The lowest BCUT2D eigenvalue weighted by Crippen LogP contribution is -2.14. The van der Waals surface area contributed by atoms with Crippen molar-refractivity contribution in [3.8, 4) is 0 Å². The lowest BCUT2D eigenvalue weighted by atomic mass is 10.1. The van der Waals surface area contributed by atoms with Crippen LogP contribution in [-0.4, -0.2) is 28.3 Å². The molecular formula is C15H13N3O7S. The third-order valence-corrected chi connectivity index (χ3v) is 4.13. The van der Waals surface area contributed by atoms with Crippen LogP contribution in [0.1, 0.15) is 32.5 Å². The van der Waals surface area contributed by atoms with E-state index in [-0.39, 0.29) is 22.7 Å². The van der Waals surface area contributed by atoms with Crippen molar-refractivity contribution in [1.82, 2.24) is 0 Å². The van der Waals surface area contributed by atoms with Gasteiger partial charge in [-0.3, -0.25) is 25.0 Å². The molecule has 1 aromatic carbocycles. The summed E-state index contributed by atoms with van der Waals surface area (Å²) in [7, 11) is 0. The number of carbonyl (C=O) groups is 2. The SMILES string of the molecule is CCOC(=O)c1cc(C)sc1NC(=O)c1cc([N+](=O)[O-])cc([N+](=O)[O-])c1. The number of carbonyl (C=O) groups excluding carboxylic acids is 2. The van der Waals surface area contributed by atoms with Crippen LogP contribution in [0, 0.1) is 27.2 Å². The molecule has 0 spiro atoms. The van der Waals surface area contributed by atoms with Crippen LogP contribution < -0.4 is 5.32 Å². The van der Waals surface area contributed by atoms with Crippen molar-refractivity contribution in [3.63, 3.8) is 0 Å². The summed E-state index contributed by atoms with van der Waals surface area (Å²) in [4.78, 5) is 45.3. The number of hydrogen-bond acceptors (Lipinski definition) is 8. The van der Waals surface area contributed by atoms with Crippen LogP contribution in [0.2, 0.25) is 0 Å². The second kappa shape index (κ2) is 7.70. The number of nitrogens with zero attached hydrogens (tertiary/aromatic N) is 2. The average molecular weight is 379 g/mol. The number of nitro benzene ring substituents is 2. The summed E-state index contributed by atoms with van der Waals surface area (Å²) in [6.45, 7) is 3.51. The van der Waals surface area contributed by atoms with E-state index in [1.54, 1.807) is 13.8 Å². The van der Waals surface area contributed by atoms with Gasteiger partial charge in [0, 0.05) is 17.0 Å². The Hall–Kier alpha value is -3.34. The lowest BCUT2D eigenvalue weighted by molar-refractivity contribution is -0.394. The molecule has 1 N–H and O–H groups in total. The van der Waals surface area contributed by atoms with Crippen LogP contribution in [0.3, 0.4) is 0 Å². The Bertz CT molecular complexity index is 874. The van der Waals surface area contributed by atoms with E-state index in [0.717, 1.165) is 34.4 Å². The van der Waals surface area contributed by atoms with Crippen molar-refractivity contribution in [1.29, 1.82) is 0 Å². The highest BCUT2D eigenvalue weighted by molar-refractivity contribution is 7.16. The van der Waals surface area contributed by atoms with Gasteiger partial charge in [-0.05, 0) is 19.9 Å². The van der Waals surface area contributed by atoms with Gasteiger partial charge in [0.05, 0.1) is 33.6 Å². The maximum atomic E-state index is 12.4. The molecule has 26 heavy (non-hydrogen) atoms. The smallest absolute Gasteiger partial charge is 0.341 e. The van der Waals surface area contributed by atoms with Crippen molar-refractivity contribution >= 4 is 39.6 Å². The Morgan fingerprint density at radius 3 is 2.19 bits per heavy atom. The topological polar surface area (TPSA) is 142 Å². The molecule has 1 aromatic heterocycles. The number of benzene rings is 1. The van der Waals surface area contributed by atoms with Gasteiger partial charge in [-0.1, -0.05) is 0 Å². The molecule has 2 rings (SSSR count). The van der Waals surface area contributed by atoms with Crippen molar-refractivity contribution in [2.45, 2.75) is 13.8 Å². The van der Waals surface area contributed by atoms with E-state index in [4.69, 9.17) is 4.74 Å². The van der Waals surface area contributed by atoms with E-state index in [1.165, 1.54) is 6.07 Å². The van der Waals surface area contributed by atoms with E-state index in [2.05, 4.69) is 5.32 Å². The fourth-order valence-corrected chi connectivity index (χ4v) is 2.97. The average Bonchev–Trinajstić information content (AvgIpc) is 2.94. The molecule has 1 amide bonds. The molecule has 1 heterocycles. The van der Waals surface area contributed by atoms with Crippen molar-refractivity contribution in [2.75, 3.05) is 11.9 Å². The monoisotopic (exact) mass is 379 g/mol. The van der Waals surface area contributed by atoms with Gasteiger partial charge in [0.15, 0.2) is 0 Å². The summed E-state index contributed by atoms with van der Waals surface area (Å²) in [6.07, 6.45) is 0. The molecule has 0 bridgehead atoms. The second-order valence-electron chi connectivity index (χ2n) is 5.03. The number of nitro groups is 2. The zero-order valence-corrected chi connectivity index (χ0v) is 14.5. The predicted octanol–water partition coefficient (Wildman–Crippen LogP) is 3.30. The number of amides is 1. The second-order valence-corrected chi connectivity index (χ2v) is 6.28. The van der Waals surface area contributed by atoms with Gasteiger partial charge >= 0.3 is 5.97 Å². The number of aryl methyl sites for hydroxylation is 1. The normalized spacial score (nSPS) is 10.2. The summed E-state index contributed by atoms with van der Waals surface area (Å²) >= 11 is 1.11. The first-order valence-corrected chi connectivity index (χ1v) is 8.07. The molecule has 0 saturated heterocycles. The van der Waals surface area contributed by atoms with Crippen LogP contribution in [-0.2, 0) is 4.74 Å². The third kappa shape index (κ3) is 4.19. The number of rotatable bonds is 6. The Morgan fingerprint density at radius 2 is 1.69 bits per heavy atom. The fraction of sp³-hybridized carbons (Fsp3) is 0.200. The molecule has 0 atom stereocenters. The summed E-state index contributed by atoms with van der Waals surface area (Å²) in [6, 6.07) is 4.14. The fourth-order valence-electron chi connectivity index (χ4n) is 2.08. The number of thiophene rings is 1. The highest BCUT2D eigenvalue weighted by Gasteiger charge is 2.22. The summed E-state index contributed by atoms with van der Waals surface area (Å²) in [5.41, 5.74) is -1.30. The van der Waals surface area contributed by atoms with Gasteiger partial charge in [-0.25, -0.2) is 4.79 Å². The number of non-ortho nitro benzene ring substituents is 2. The number of esters is 1. The zero-order chi connectivity index (χ0) is 19.4. The Balaban J connectivity index is 2.38. The molecule has 11 heteroatoms.